The van der Waals surface area contributed by atoms with Gasteiger partial charge < -0.3 is 15.5 Å². The highest BCUT2D eigenvalue weighted by atomic mass is 16.2. The van der Waals surface area contributed by atoms with Crippen LogP contribution in [-0.2, 0) is 9.59 Å². The highest BCUT2D eigenvalue weighted by Gasteiger charge is 2.24. The number of hydrogen-bond acceptors (Lipinski definition) is 3. The van der Waals surface area contributed by atoms with Gasteiger partial charge in [0.1, 0.15) is 0 Å². The van der Waals surface area contributed by atoms with Crippen LogP contribution in [0, 0.1) is 5.92 Å². The van der Waals surface area contributed by atoms with Crippen molar-refractivity contribution in [1.82, 2.24) is 9.80 Å². The molecule has 98 valence electrons. The van der Waals surface area contributed by atoms with E-state index in [9.17, 15) is 9.59 Å². The number of rotatable bonds is 5. The summed E-state index contributed by atoms with van der Waals surface area (Å²) in [7, 11) is 1.77. The average Bonchev–Trinajstić information content (AvgIpc) is 2.30. The summed E-state index contributed by atoms with van der Waals surface area (Å²) in [6.07, 6.45) is 2.34. The minimum absolute atomic E-state index is 0.0274. The SMILES string of the molecule is CC(CCN)CCC(=O)N1CCN(C)C(=O)C1. The number of carbonyl (C=O) groups excluding carboxylic acids is 2. The molecule has 0 aromatic heterocycles. The van der Waals surface area contributed by atoms with Crippen LogP contribution in [0.2, 0.25) is 0 Å². The van der Waals surface area contributed by atoms with Gasteiger partial charge in [0.25, 0.3) is 0 Å². The molecular weight excluding hydrogens is 218 g/mol. The van der Waals surface area contributed by atoms with Crippen LogP contribution in [0.3, 0.4) is 0 Å². The molecule has 1 rings (SSSR count). The van der Waals surface area contributed by atoms with Crippen LogP contribution >= 0.6 is 0 Å². The quantitative estimate of drug-likeness (QED) is 0.739. The lowest BCUT2D eigenvalue weighted by atomic mass is 10.0. The van der Waals surface area contributed by atoms with Gasteiger partial charge >= 0.3 is 0 Å². The zero-order chi connectivity index (χ0) is 12.8. The summed E-state index contributed by atoms with van der Waals surface area (Å²) in [5.74, 6) is 0.599. The third-order valence-corrected chi connectivity index (χ3v) is 3.32. The molecule has 1 aliphatic heterocycles. The molecule has 0 bridgehead atoms. The molecule has 5 nitrogen and oxygen atoms in total. The van der Waals surface area contributed by atoms with Crippen molar-refractivity contribution in [2.45, 2.75) is 26.2 Å². The minimum atomic E-state index is 0.0274. The molecule has 1 fully saturated rings. The lowest BCUT2D eigenvalue weighted by molar-refractivity contribution is -0.144. The van der Waals surface area contributed by atoms with E-state index in [-0.39, 0.29) is 18.4 Å². The van der Waals surface area contributed by atoms with Crippen molar-refractivity contribution in [3.63, 3.8) is 0 Å². The fourth-order valence-corrected chi connectivity index (χ4v) is 1.93. The highest BCUT2D eigenvalue weighted by Crippen LogP contribution is 2.12. The topological polar surface area (TPSA) is 66.6 Å². The van der Waals surface area contributed by atoms with Crippen LogP contribution in [0.4, 0.5) is 0 Å². The van der Waals surface area contributed by atoms with Crippen LogP contribution in [0.1, 0.15) is 26.2 Å². The van der Waals surface area contributed by atoms with Gasteiger partial charge in [0.05, 0.1) is 6.54 Å². The van der Waals surface area contributed by atoms with E-state index in [0.29, 0.717) is 32.0 Å². The van der Waals surface area contributed by atoms with E-state index >= 15 is 0 Å². The van der Waals surface area contributed by atoms with E-state index in [1.54, 1.807) is 16.8 Å². The molecule has 0 radical (unpaired) electrons. The van der Waals surface area contributed by atoms with E-state index < -0.39 is 0 Å². The van der Waals surface area contributed by atoms with Gasteiger partial charge in [-0.25, -0.2) is 0 Å². The summed E-state index contributed by atoms with van der Waals surface area (Å²) in [6.45, 7) is 4.31. The van der Waals surface area contributed by atoms with Crippen molar-refractivity contribution in [2.75, 3.05) is 33.2 Å². The predicted octanol–water partition coefficient (Wildman–Crippen LogP) is 0.0521. The van der Waals surface area contributed by atoms with Crippen LogP contribution in [0.15, 0.2) is 0 Å². The predicted molar refractivity (Wildman–Crippen MR) is 66.3 cm³/mol. The van der Waals surface area contributed by atoms with Gasteiger partial charge in [-0.15, -0.1) is 0 Å². The number of carbonyl (C=O) groups is 2. The number of hydrogen-bond donors (Lipinski definition) is 1. The molecule has 1 saturated heterocycles. The van der Waals surface area contributed by atoms with Crippen molar-refractivity contribution >= 4 is 11.8 Å². The van der Waals surface area contributed by atoms with Gasteiger partial charge in [-0.3, -0.25) is 9.59 Å². The zero-order valence-electron chi connectivity index (χ0n) is 10.8. The van der Waals surface area contributed by atoms with E-state index in [0.717, 1.165) is 12.8 Å². The molecule has 0 spiro atoms. The van der Waals surface area contributed by atoms with Gasteiger partial charge in [0.15, 0.2) is 0 Å². The van der Waals surface area contributed by atoms with Gasteiger partial charge in [0, 0.05) is 26.6 Å². The smallest absolute Gasteiger partial charge is 0.241 e. The number of nitrogens with zero attached hydrogens (tertiary/aromatic N) is 2. The Morgan fingerprint density at radius 2 is 2.12 bits per heavy atom. The summed E-state index contributed by atoms with van der Waals surface area (Å²) in [5.41, 5.74) is 5.47. The Morgan fingerprint density at radius 3 is 2.71 bits per heavy atom. The van der Waals surface area contributed by atoms with Crippen molar-refractivity contribution < 1.29 is 9.59 Å². The first-order valence-electron chi connectivity index (χ1n) is 6.26. The first kappa shape index (κ1) is 14.0. The van der Waals surface area contributed by atoms with Crippen LogP contribution in [0.5, 0.6) is 0 Å². The van der Waals surface area contributed by atoms with Crippen molar-refractivity contribution in [1.29, 1.82) is 0 Å². The number of likely N-dealkylation sites (N-methyl/N-ethyl adjacent to an activating group) is 1. The molecule has 1 atom stereocenters. The molecule has 17 heavy (non-hydrogen) atoms. The minimum Gasteiger partial charge on any atom is -0.342 e. The third-order valence-electron chi connectivity index (χ3n) is 3.32. The Morgan fingerprint density at radius 1 is 1.41 bits per heavy atom. The molecule has 1 heterocycles. The van der Waals surface area contributed by atoms with Gasteiger partial charge in [-0.2, -0.15) is 0 Å². The lowest BCUT2D eigenvalue weighted by Crippen LogP contribution is -2.50. The molecule has 2 N–H and O–H groups in total. The molecular formula is C12H23N3O2. The maximum Gasteiger partial charge on any atom is 0.241 e. The summed E-state index contributed by atoms with van der Waals surface area (Å²) in [4.78, 5) is 26.7. The lowest BCUT2D eigenvalue weighted by Gasteiger charge is -2.32. The number of amides is 2. The van der Waals surface area contributed by atoms with Crippen LogP contribution in [-0.4, -0.2) is 54.8 Å². The van der Waals surface area contributed by atoms with Crippen LogP contribution in [0.25, 0.3) is 0 Å². The van der Waals surface area contributed by atoms with E-state index in [1.807, 2.05) is 0 Å². The fraction of sp³-hybridized carbons (Fsp3) is 0.833. The molecule has 1 unspecified atom stereocenters. The first-order valence-corrected chi connectivity index (χ1v) is 6.26. The van der Waals surface area contributed by atoms with Gasteiger partial charge in [0.2, 0.25) is 11.8 Å². The monoisotopic (exact) mass is 241 g/mol. The van der Waals surface area contributed by atoms with Crippen molar-refractivity contribution in [2.24, 2.45) is 11.7 Å². The molecule has 0 aliphatic carbocycles. The second-order valence-electron chi connectivity index (χ2n) is 4.85. The Bertz CT molecular complexity index is 281. The average molecular weight is 241 g/mol. The van der Waals surface area contributed by atoms with Crippen molar-refractivity contribution in [3.05, 3.63) is 0 Å². The van der Waals surface area contributed by atoms with E-state index in [1.165, 1.54) is 0 Å². The van der Waals surface area contributed by atoms with Gasteiger partial charge in [-0.05, 0) is 25.3 Å². The largest absolute Gasteiger partial charge is 0.342 e. The zero-order valence-corrected chi connectivity index (χ0v) is 10.8. The molecule has 1 aliphatic rings. The molecule has 0 aromatic carbocycles. The third kappa shape index (κ3) is 4.34. The molecule has 5 heteroatoms. The standard InChI is InChI=1S/C12H23N3O2/c1-10(5-6-13)3-4-11(16)15-8-7-14(2)12(17)9-15/h10H,3-9,13H2,1-2H3. The Kier molecular flexibility index (Phi) is 5.41. The van der Waals surface area contributed by atoms with Crippen LogP contribution < -0.4 is 5.73 Å². The highest BCUT2D eigenvalue weighted by molar-refractivity contribution is 5.85. The summed E-state index contributed by atoms with van der Waals surface area (Å²) in [6, 6.07) is 0. The Labute approximate surface area is 103 Å². The second-order valence-corrected chi connectivity index (χ2v) is 4.85. The molecule has 0 saturated carbocycles. The van der Waals surface area contributed by atoms with E-state index in [4.69, 9.17) is 5.73 Å². The Balaban J connectivity index is 2.31. The maximum absolute atomic E-state index is 11.9. The normalized spacial score (nSPS) is 18.4. The number of piperazine rings is 1. The fourth-order valence-electron chi connectivity index (χ4n) is 1.93. The summed E-state index contributed by atoms with van der Waals surface area (Å²) < 4.78 is 0. The van der Waals surface area contributed by atoms with Crippen molar-refractivity contribution in [3.8, 4) is 0 Å². The summed E-state index contributed by atoms with van der Waals surface area (Å²) in [5, 5.41) is 0. The van der Waals surface area contributed by atoms with Gasteiger partial charge in [-0.1, -0.05) is 6.92 Å². The Hall–Kier alpha value is -1.10. The number of nitrogens with two attached hydrogens (primary N) is 1. The second kappa shape index (κ2) is 6.59. The maximum atomic E-state index is 11.9. The molecule has 2 amide bonds. The summed E-state index contributed by atoms with van der Waals surface area (Å²) >= 11 is 0. The first-order chi connectivity index (χ1) is 8.04. The molecule has 0 aromatic rings. The van der Waals surface area contributed by atoms with E-state index in [2.05, 4.69) is 6.92 Å².